The molecule has 0 amide bonds. The van der Waals surface area contributed by atoms with Gasteiger partial charge in [-0.1, -0.05) is 23.7 Å². The van der Waals surface area contributed by atoms with Crippen molar-refractivity contribution in [3.05, 3.63) is 78.8 Å². The largest absolute Gasteiger partial charge is 0.477 e. The van der Waals surface area contributed by atoms with Gasteiger partial charge in [-0.25, -0.2) is 9.18 Å². The summed E-state index contributed by atoms with van der Waals surface area (Å²) < 4.78 is 16.9. The summed E-state index contributed by atoms with van der Waals surface area (Å²) in [5, 5.41) is 20.4. The number of rotatable bonds is 6. The highest BCUT2D eigenvalue weighted by atomic mass is 35.5. The van der Waals surface area contributed by atoms with E-state index < -0.39 is 27.7 Å². The SMILES string of the molecule is O=C(O)c1cn(C2CC2)c2c(Cl)c(N3CCC(N=Cc4cccc([N+](=O)[O-])c4)C3)c(F)cc2c1=O. The van der Waals surface area contributed by atoms with Gasteiger partial charge >= 0.3 is 5.97 Å². The highest BCUT2D eigenvalue weighted by molar-refractivity contribution is 6.38. The van der Waals surface area contributed by atoms with E-state index >= 15 is 4.39 Å². The average molecular weight is 499 g/mol. The molecule has 2 heterocycles. The van der Waals surface area contributed by atoms with Crippen LogP contribution in [-0.4, -0.2) is 45.9 Å². The Balaban J connectivity index is 1.48. The first-order chi connectivity index (χ1) is 16.7. The molecule has 1 aromatic heterocycles. The smallest absolute Gasteiger partial charge is 0.341 e. The normalized spacial score (nSPS) is 18.0. The standard InChI is InChI=1S/C24H20ClFN4O5/c25-20-21-17(23(31)18(24(32)33)12-29(21)15-4-5-15)9-19(26)22(20)28-7-6-14(11-28)27-10-13-2-1-3-16(8-13)30(34)35/h1-3,8-10,12,14-15H,4-7,11H2,(H,32,33). The summed E-state index contributed by atoms with van der Waals surface area (Å²) in [6.45, 7) is 0.842. The van der Waals surface area contributed by atoms with E-state index in [-0.39, 0.29) is 33.9 Å². The van der Waals surface area contributed by atoms with Crippen molar-refractivity contribution in [2.45, 2.75) is 31.3 Å². The molecule has 2 aromatic carbocycles. The van der Waals surface area contributed by atoms with E-state index in [2.05, 4.69) is 4.99 Å². The molecular formula is C24H20ClFN4O5. The van der Waals surface area contributed by atoms with Gasteiger partial charge in [0.25, 0.3) is 5.69 Å². The second-order valence-electron chi connectivity index (χ2n) is 8.75. The number of benzene rings is 2. The lowest BCUT2D eigenvalue weighted by Gasteiger charge is -2.23. The van der Waals surface area contributed by atoms with E-state index in [9.17, 15) is 24.8 Å². The Hall–Kier alpha value is -3.79. The van der Waals surface area contributed by atoms with Gasteiger partial charge in [-0.15, -0.1) is 0 Å². The first-order valence-electron chi connectivity index (χ1n) is 11.1. The van der Waals surface area contributed by atoms with Crippen LogP contribution in [-0.2, 0) is 0 Å². The third-order valence-electron chi connectivity index (χ3n) is 6.35. The van der Waals surface area contributed by atoms with Crippen molar-refractivity contribution in [1.82, 2.24) is 4.57 Å². The number of aromatic nitrogens is 1. The van der Waals surface area contributed by atoms with Crippen LogP contribution in [0, 0.1) is 15.9 Å². The van der Waals surface area contributed by atoms with Crippen LogP contribution in [0.2, 0.25) is 5.02 Å². The van der Waals surface area contributed by atoms with Gasteiger partial charge in [0.15, 0.2) is 0 Å². The van der Waals surface area contributed by atoms with Gasteiger partial charge in [0.1, 0.15) is 11.4 Å². The number of hydrogen-bond acceptors (Lipinski definition) is 6. The molecule has 9 nitrogen and oxygen atoms in total. The lowest BCUT2D eigenvalue weighted by atomic mass is 10.1. The molecule has 2 fully saturated rings. The van der Waals surface area contributed by atoms with Crippen LogP contribution in [0.15, 0.2) is 46.3 Å². The number of anilines is 1. The molecule has 1 unspecified atom stereocenters. The molecular weight excluding hydrogens is 479 g/mol. The number of nitro benzene ring substituents is 1. The Morgan fingerprint density at radius 1 is 1.29 bits per heavy atom. The summed E-state index contributed by atoms with van der Waals surface area (Å²) in [6.07, 6.45) is 5.12. The Bertz CT molecular complexity index is 1470. The molecule has 0 spiro atoms. The van der Waals surface area contributed by atoms with E-state index in [0.29, 0.717) is 30.6 Å². The van der Waals surface area contributed by atoms with Crippen LogP contribution < -0.4 is 10.3 Å². The molecule has 1 aliphatic heterocycles. The van der Waals surface area contributed by atoms with Gasteiger partial charge in [0.05, 0.1) is 32.6 Å². The number of aromatic carboxylic acids is 1. The summed E-state index contributed by atoms with van der Waals surface area (Å²) in [5.41, 5.74) is -0.120. The average Bonchev–Trinajstić information content (AvgIpc) is 3.56. The molecule has 1 saturated carbocycles. The van der Waals surface area contributed by atoms with Crippen molar-refractivity contribution in [2.75, 3.05) is 18.0 Å². The van der Waals surface area contributed by atoms with E-state index in [0.717, 1.165) is 18.9 Å². The molecule has 1 N–H and O–H groups in total. The van der Waals surface area contributed by atoms with Crippen molar-refractivity contribution in [3.63, 3.8) is 0 Å². The molecule has 1 saturated heterocycles. The number of pyridine rings is 1. The number of carboxylic acid groups (broad SMARTS) is 1. The minimum Gasteiger partial charge on any atom is -0.477 e. The molecule has 180 valence electrons. The number of carbonyl (C=O) groups is 1. The van der Waals surface area contributed by atoms with Crippen LogP contribution in [0.25, 0.3) is 10.9 Å². The van der Waals surface area contributed by atoms with Gasteiger partial charge in [0.2, 0.25) is 5.43 Å². The molecule has 0 radical (unpaired) electrons. The van der Waals surface area contributed by atoms with Crippen molar-refractivity contribution in [3.8, 4) is 0 Å². The van der Waals surface area contributed by atoms with Gasteiger partial charge in [0, 0.05) is 43.7 Å². The van der Waals surface area contributed by atoms with Gasteiger partial charge in [-0.2, -0.15) is 0 Å². The number of fused-ring (bicyclic) bond motifs is 1. The Morgan fingerprint density at radius 2 is 2.06 bits per heavy atom. The van der Waals surface area contributed by atoms with Crippen molar-refractivity contribution in [2.24, 2.45) is 4.99 Å². The van der Waals surface area contributed by atoms with Crippen LogP contribution in [0.5, 0.6) is 0 Å². The summed E-state index contributed by atoms with van der Waals surface area (Å²) in [6, 6.07) is 7.03. The number of hydrogen-bond donors (Lipinski definition) is 1. The summed E-state index contributed by atoms with van der Waals surface area (Å²) in [5.74, 6) is -2.07. The van der Waals surface area contributed by atoms with Crippen LogP contribution in [0.3, 0.4) is 0 Å². The predicted molar refractivity (Wildman–Crippen MR) is 130 cm³/mol. The maximum Gasteiger partial charge on any atom is 0.341 e. The first kappa shape index (κ1) is 23.0. The maximum absolute atomic E-state index is 15.3. The molecule has 1 aliphatic carbocycles. The minimum atomic E-state index is -1.36. The zero-order chi connectivity index (χ0) is 24.9. The third kappa shape index (κ3) is 4.25. The monoisotopic (exact) mass is 498 g/mol. The molecule has 0 bridgehead atoms. The number of nitrogens with zero attached hydrogens (tertiary/aromatic N) is 4. The quantitative estimate of drug-likeness (QED) is 0.305. The fourth-order valence-electron chi connectivity index (χ4n) is 4.49. The molecule has 5 rings (SSSR count). The Labute approximate surface area is 203 Å². The van der Waals surface area contributed by atoms with Crippen LogP contribution in [0.1, 0.15) is 41.2 Å². The predicted octanol–water partition coefficient (Wildman–Crippen LogP) is 4.43. The van der Waals surface area contributed by atoms with Gasteiger partial charge in [-0.05, 0) is 30.9 Å². The molecule has 3 aromatic rings. The topological polar surface area (TPSA) is 118 Å². The van der Waals surface area contributed by atoms with E-state index in [1.165, 1.54) is 18.3 Å². The lowest BCUT2D eigenvalue weighted by Crippen LogP contribution is -2.24. The zero-order valence-electron chi connectivity index (χ0n) is 18.4. The molecule has 2 aliphatic rings. The zero-order valence-corrected chi connectivity index (χ0v) is 19.1. The first-order valence-corrected chi connectivity index (χ1v) is 11.4. The van der Waals surface area contributed by atoms with Crippen LogP contribution >= 0.6 is 11.6 Å². The van der Waals surface area contributed by atoms with Crippen molar-refractivity contribution in [1.29, 1.82) is 0 Å². The summed E-state index contributed by atoms with van der Waals surface area (Å²) in [7, 11) is 0. The number of halogens is 2. The molecule has 1 atom stereocenters. The second kappa shape index (κ2) is 8.77. The van der Waals surface area contributed by atoms with E-state index in [4.69, 9.17) is 11.6 Å². The Morgan fingerprint density at radius 3 is 2.74 bits per heavy atom. The number of aliphatic imine (C=N–C) groups is 1. The highest BCUT2D eigenvalue weighted by Gasteiger charge is 2.32. The third-order valence-corrected chi connectivity index (χ3v) is 6.71. The van der Waals surface area contributed by atoms with Crippen molar-refractivity contribution >= 4 is 46.1 Å². The van der Waals surface area contributed by atoms with E-state index in [1.54, 1.807) is 27.8 Å². The molecule has 11 heteroatoms. The van der Waals surface area contributed by atoms with E-state index in [1.807, 2.05) is 0 Å². The van der Waals surface area contributed by atoms with Gasteiger partial charge < -0.3 is 14.6 Å². The van der Waals surface area contributed by atoms with Crippen molar-refractivity contribution < 1.29 is 19.2 Å². The summed E-state index contributed by atoms with van der Waals surface area (Å²) in [4.78, 5) is 41.1. The number of non-ortho nitro benzene ring substituents is 1. The van der Waals surface area contributed by atoms with Crippen LogP contribution in [0.4, 0.5) is 15.8 Å². The molecule has 35 heavy (non-hydrogen) atoms. The Kier molecular flexibility index (Phi) is 5.76. The fraction of sp³-hybridized carbons (Fsp3) is 0.292. The minimum absolute atomic E-state index is 0.0119. The second-order valence-corrected chi connectivity index (χ2v) is 9.13. The summed E-state index contributed by atoms with van der Waals surface area (Å²) >= 11 is 6.68. The fourth-order valence-corrected chi connectivity index (χ4v) is 4.90. The number of nitro groups is 1. The van der Waals surface area contributed by atoms with Gasteiger partial charge in [-0.3, -0.25) is 19.9 Å². The highest BCUT2D eigenvalue weighted by Crippen LogP contribution is 2.42. The lowest BCUT2D eigenvalue weighted by molar-refractivity contribution is -0.384. The number of carboxylic acids is 1. The maximum atomic E-state index is 15.3.